The van der Waals surface area contributed by atoms with E-state index in [1.165, 1.54) is 17.6 Å². The molecule has 0 radical (unpaired) electrons. The van der Waals surface area contributed by atoms with Gasteiger partial charge in [-0.2, -0.15) is 0 Å². The molecule has 5 heteroatoms. The van der Waals surface area contributed by atoms with Crippen LogP contribution in [0.25, 0.3) is 10.2 Å². The zero-order valence-corrected chi connectivity index (χ0v) is 10.4. The summed E-state index contributed by atoms with van der Waals surface area (Å²) >= 11 is 1.23. The molecule has 0 bridgehead atoms. The lowest BCUT2D eigenvalue weighted by atomic mass is 10.1. The highest BCUT2D eigenvalue weighted by atomic mass is 32.2. The van der Waals surface area contributed by atoms with Crippen molar-refractivity contribution in [2.75, 3.05) is 6.26 Å². The van der Waals surface area contributed by atoms with Gasteiger partial charge in [-0.25, -0.2) is 13.4 Å². The fourth-order valence-electron chi connectivity index (χ4n) is 1.51. The van der Waals surface area contributed by atoms with Crippen molar-refractivity contribution in [1.82, 2.24) is 4.98 Å². The first-order valence-electron chi connectivity index (χ1n) is 4.46. The maximum atomic E-state index is 11.3. The van der Waals surface area contributed by atoms with Crippen LogP contribution in [-0.2, 0) is 9.84 Å². The molecule has 0 unspecified atom stereocenters. The van der Waals surface area contributed by atoms with Crippen LogP contribution in [-0.4, -0.2) is 19.7 Å². The number of sulfone groups is 1. The topological polar surface area (TPSA) is 47.0 Å². The number of aromatic nitrogens is 1. The van der Waals surface area contributed by atoms with Crippen molar-refractivity contribution in [1.29, 1.82) is 0 Å². The van der Waals surface area contributed by atoms with E-state index in [0.717, 1.165) is 21.3 Å². The van der Waals surface area contributed by atoms with Crippen LogP contribution in [0.1, 0.15) is 11.1 Å². The SMILES string of the molecule is Cc1cc(C)c2nc(S(C)(=O)=O)sc2c1. The minimum Gasteiger partial charge on any atom is -0.225 e. The predicted molar refractivity (Wildman–Crippen MR) is 62.2 cm³/mol. The van der Waals surface area contributed by atoms with Gasteiger partial charge in [0.2, 0.25) is 14.2 Å². The van der Waals surface area contributed by atoms with Crippen molar-refractivity contribution in [3.63, 3.8) is 0 Å². The molecule has 0 aliphatic heterocycles. The largest absolute Gasteiger partial charge is 0.225 e. The summed E-state index contributed by atoms with van der Waals surface area (Å²) in [6.45, 7) is 3.94. The van der Waals surface area contributed by atoms with Crippen molar-refractivity contribution in [2.45, 2.75) is 18.2 Å². The fourth-order valence-corrected chi connectivity index (χ4v) is 3.51. The van der Waals surface area contributed by atoms with E-state index in [9.17, 15) is 8.42 Å². The zero-order chi connectivity index (χ0) is 11.2. The smallest absolute Gasteiger partial charge is 0.210 e. The van der Waals surface area contributed by atoms with E-state index < -0.39 is 9.84 Å². The third-order valence-electron chi connectivity index (χ3n) is 2.13. The third kappa shape index (κ3) is 1.89. The van der Waals surface area contributed by atoms with Crippen molar-refractivity contribution >= 4 is 31.4 Å². The summed E-state index contributed by atoms with van der Waals surface area (Å²) in [7, 11) is -3.19. The summed E-state index contributed by atoms with van der Waals surface area (Å²) in [6, 6.07) is 3.97. The number of hydrogen-bond acceptors (Lipinski definition) is 4. The minimum absolute atomic E-state index is 0.200. The molecular weight excluding hydrogens is 230 g/mol. The molecule has 0 saturated heterocycles. The zero-order valence-electron chi connectivity index (χ0n) is 8.73. The first kappa shape index (κ1) is 10.6. The summed E-state index contributed by atoms with van der Waals surface area (Å²) in [4.78, 5) is 4.16. The maximum absolute atomic E-state index is 11.3. The maximum Gasteiger partial charge on any atom is 0.210 e. The standard InChI is InChI=1S/C10H11NO2S2/c1-6-4-7(2)9-8(5-6)14-10(11-9)15(3,12)13/h4-5H,1-3H3. The van der Waals surface area contributed by atoms with Gasteiger partial charge >= 0.3 is 0 Å². The van der Waals surface area contributed by atoms with E-state index >= 15 is 0 Å². The Morgan fingerprint density at radius 3 is 2.53 bits per heavy atom. The lowest BCUT2D eigenvalue weighted by Gasteiger charge is -1.95. The van der Waals surface area contributed by atoms with E-state index in [1.54, 1.807) is 0 Å². The van der Waals surface area contributed by atoms with Crippen molar-refractivity contribution < 1.29 is 8.42 Å². The van der Waals surface area contributed by atoms with Crippen molar-refractivity contribution in [2.24, 2.45) is 0 Å². The summed E-state index contributed by atoms with van der Waals surface area (Å²) in [5.41, 5.74) is 2.95. The van der Waals surface area contributed by atoms with Crippen LogP contribution >= 0.6 is 11.3 Å². The molecular formula is C10H11NO2S2. The molecule has 1 heterocycles. The average Bonchev–Trinajstić information content (AvgIpc) is 2.46. The molecule has 15 heavy (non-hydrogen) atoms. The fraction of sp³-hybridized carbons (Fsp3) is 0.300. The Hall–Kier alpha value is -0.940. The van der Waals surface area contributed by atoms with Crippen LogP contribution in [0.2, 0.25) is 0 Å². The summed E-state index contributed by atoms with van der Waals surface area (Å²) in [5.74, 6) is 0. The Kier molecular flexibility index (Phi) is 2.31. The molecule has 0 aliphatic rings. The summed E-state index contributed by atoms with van der Waals surface area (Å²) in [5, 5.41) is 0. The van der Waals surface area contributed by atoms with Crippen molar-refractivity contribution in [3.8, 4) is 0 Å². The lowest BCUT2D eigenvalue weighted by molar-refractivity contribution is 0.601. The number of rotatable bonds is 1. The van der Waals surface area contributed by atoms with Crippen LogP contribution in [0.3, 0.4) is 0 Å². The van der Waals surface area contributed by atoms with Crippen LogP contribution in [0.4, 0.5) is 0 Å². The molecule has 0 aliphatic carbocycles. The number of hydrogen-bond donors (Lipinski definition) is 0. The normalized spacial score (nSPS) is 12.2. The number of fused-ring (bicyclic) bond motifs is 1. The average molecular weight is 241 g/mol. The number of aryl methyl sites for hydroxylation is 2. The van der Waals surface area contributed by atoms with Gasteiger partial charge in [0.25, 0.3) is 0 Å². The Bertz CT molecular complexity index is 626. The second-order valence-electron chi connectivity index (χ2n) is 3.68. The molecule has 0 saturated carbocycles. The predicted octanol–water partition coefficient (Wildman–Crippen LogP) is 2.32. The molecule has 0 N–H and O–H groups in total. The van der Waals surface area contributed by atoms with Crippen LogP contribution in [0.15, 0.2) is 16.5 Å². The summed E-state index contributed by atoms with van der Waals surface area (Å²) in [6.07, 6.45) is 1.19. The Labute approximate surface area is 92.7 Å². The third-order valence-corrected chi connectivity index (χ3v) is 4.81. The quantitative estimate of drug-likeness (QED) is 0.769. The van der Waals surface area contributed by atoms with Crippen LogP contribution < -0.4 is 0 Å². The van der Waals surface area contributed by atoms with E-state index in [2.05, 4.69) is 4.98 Å². The van der Waals surface area contributed by atoms with E-state index in [-0.39, 0.29) is 4.34 Å². The van der Waals surface area contributed by atoms with Gasteiger partial charge in [-0.15, -0.1) is 11.3 Å². The second-order valence-corrected chi connectivity index (χ2v) is 6.90. The molecule has 2 rings (SSSR count). The van der Waals surface area contributed by atoms with Gasteiger partial charge in [0.05, 0.1) is 10.2 Å². The number of nitrogens with zero attached hydrogens (tertiary/aromatic N) is 1. The first-order valence-corrected chi connectivity index (χ1v) is 7.16. The van der Waals surface area contributed by atoms with Gasteiger partial charge in [-0.05, 0) is 31.0 Å². The van der Waals surface area contributed by atoms with Gasteiger partial charge in [-0.1, -0.05) is 6.07 Å². The second kappa shape index (κ2) is 3.28. The number of benzene rings is 1. The van der Waals surface area contributed by atoms with Crippen LogP contribution in [0.5, 0.6) is 0 Å². The highest BCUT2D eigenvalue weighted by Gasteiger charge is 2.14. The monoisotopic (exact) mass is 241 g/mol. The summed E-state index contributed by atoms with van der Waals surface area (Å²) < 4.78 is 23.8. The van der Waals surface area contributed by atoms with E-state index in [4.69, 9.17) is 0 Å². The van der Waals surface area contributed by atoms with E-state index in [1.807, 2.05) is 26.0 Å². The van der Waals surface area contributed by atoms with Crippen molar-refractivity contribution in [3.05, 3.63) is 23.3 Å². The Balaban J connectivity index is 2.82. The molecule has 1 aromatic carbocycles. The molecule has 80 valence electrons. The lowest BCUT2D eigenvalue weighted by Crippen LogP contribution is -1.95. The van der Waals surface area contributed by atoms with Gasteiger partial charge in [-0.3, -0.25) is 0 Å². The molecule has 2 aromatic rings. The van der Waals surface area contributed by atoms with Crippen LogP contribution in [0, 0.1) is 13.8 Å². The van der Waals surface area contributed by atoms with Gasteiger partial charge in [0.1, 0.15) is 0 Å². The minimum atomic E-state index is -3.19. The molecule has 1 aromatic heterocycles. The Morgan fingerprint density at radius 1 is 1.27 bits per heavy atom. The number of thiazole rings is 1. The molecule has 0 spiro atoms. The molecule has 0 fully saturated rings. The molecule has 3 nitrogen and oxygen atoms in total. The first-order chi connectivity index (χ1) is 6.88. The molecule has 0 amide bonds. The van der Waals surface area contributed by atoms with E-state index in [0.29, 0.717) is 0 Å². The van der Waals surface area contributed by atoms with Gasteiger partial charge in [0.15, 0.2) is 0 Å². The molecule has 0 atom stereocenters. The van der Waals surface area contributed by atoms with Gasteiger partial charge in [0, 0.05) is 6.26 Å². The Morgan fingerprint density at radius 2 is 1.93 bits per heavy atom. The highest BCUT2D eigenvalue weighted by molar-refractivity contribution is 7.92. The van der Waals surface area contributed by atoms with Gasteiger partial charge < -0.3 is 0 Å². The highest BCUT2D eigenvalue weighted by Crippen LogP contribution is 2.28.